The van der Waals surface area contributed by atoms with Gasteiger partial charge >= 0.3 is 0 Å². The summed E-state index contributed by atoms with van der Waals surface area (Å²) in [6.07, 6.45) is 1.13. The van der Waals surface area contributed by atoms with Gasteiger partial charge in [0.25, 0.3) is 0 Å². The van der Waals surface area contributed by atoms with Crippen LogP contribution in [0.15, 0.2) is 48.5 Å². The maximum Gasteiger partial charge on any atom is 0.0432 e. The topological polar surface area (TPSA) is 29.3 Å². The van der Waals surface area contributed by atoms with Gasteiger partial charge in [0.1, 0.15) is 0 Å². The molecule has 0 amide bonds. The molecule has 3 rings (SSSR count). The molecule has 0 aliphatic carbocycles. The summed E-state index contributed by atoms with van der Waals surface area (Å²) in [6, 6.07) is 17.3. The van der Waals surface area contributed by atoms with Crippen molar-refractivity contribution >= 4 is 5.69 Å². The summed E-state index contributed by atoms with van der Waals surface area (Å²) in [5, 5.41) is 0. The van der Waals surface area contributed by atoms with Crippen molar-refractivity contribution < 1.29 is 0 Å². The second-order valence-electron chi connectivity index (χ2n) is 4.81. The fourth-order valence-electron chi connectivity index (χ4n) is 2.56. The van der Waals surface area contributed by atoms with Crippen LogP contribution in [0.25, 0.3) is 0 Å². The van der Waals surface area contributed by atoms with Crippen molar-refractivity contribution in [1.82, 2.24) is 0 Å². The van der Waals surface area contributed by atoms with Gasteiger partial charge in [-0.3, -0.25) is 0 Å². The smallest absolute Gasteiger partial charge is 0.0432 e. The first-order valence-electron chi connectivity index (χ1n) is 6.47. The number of hydrogen-bond acceptors (Lipinski definition) is 2. The molecule has 0 unspecified atom stereocenters. The number of hydrogen-bond donors (Lipinski definition) is 1. The first-order valence-corrected chi connectivity index (χ1v) is 6.47. The van der Waals surface area contributed by atoms with Crippen LogP contribution >= 0.6 is 0 Å². The third-order valence-electron chi connectivity index (χ3n) is 3.67. The van der Waals surface area contributed by atoms with Crippen molar-refractivity contribution in [3.05, 3.63) is 65.2 Å². The minimum atomic E-state index is 0.614. The van der Waals surface area contributed by atoms with E-state index in [9.17, 15) is 0 Å². The minimum absolute atomic E-state index is 0.614. The zero-order valence-electron chi connectivity index (χ0n) is 10.5. The number of fused-ring (bicyclic) bond motifs is 1. The Kier molecular flexibility index (Phi) is 3.03. The van der Waals surface area contributed by atoms with Crippen LogP contribution in [0.4, 0.5) is 5.69 Å². The van der Waals surface area contributed by atoms with E-state index < -0.39 is 0 Å². The Hall–Kier alpha value is -1.80. The van der Waals surface area contributed by atoms with Crippen LogP contribution < -0.4 is 10.6 Å². The van der Waals surface area contributed by atoms with Crippen LogP contribution in [-0.2, 0) is 19.5 Å². The first-order chi connectivity index (χ1) is 8.86. The summed E-state index contributed by atoms with van der Waals surface area (Å²) in [4.78, 5) is 2.43. The van der Waals surface area contributed by atoms with Crippen molar-refractivity contribution in [2.75, 3.05) is 11.4 Å². The van der Waals surface area contributed by atoms with Crippen LogP contribution in [0.1, 0.15) is 16.7 Å². The Morgan fingerprint density at radius 3 is 2.39 bits per heavy atom. The van der Waals surface area contributed by atoms with Gasteiger partial charge < -0.3 is 10.6 Å². The van der Waals surface area contributed by atoms with E-state index in [2.05, 4.69) is 53.4 Å². The Morgan fingerprint density at radius 2 is 1.67 bits per heavy atom. The second-order valence-corrected chi connectivity index (χ2v) is 4.81. The van der Waals surface area contributed by atoms with Gasteiger partial charge in [-0.1, -0.05) is 36.4 Å². The van der Waals surface area contributed by atoms with Gasteiger partial charge in [-0.2, -0.15) is 0 Å². The van der Waals surface area contributed by atoms with Gasteiger partial charge in [0.05, 0.1) is 0 Å². The number of nitrogens with zero attached hydrogens (tertiary/aromatic N) is 1. The highest BCUT2D eigenvalue weighted by atomic mass is 15.1. The Bertz CT molecular complexity index is 531. The lowest BCUT2D eigenvalue weighted by atomic mass is 9.99. The molecule has 0 aromatic heterocycles. The molecule has 0 saturated carbocycles. The zero-order valence-corrected chi connectivity index (χ0v) is 10.5. The van der Waals surface area contributed by atoms with Gasteiger partial charge in [0.15, 0.2) is 0 Å². The molecule has 0 fully saturated rings. The molecule has 1 aliphatic heterocycles. The molecule has 1 aliphatic rings. The minimum Gasteiger partial charge on any atom is -0.367 e. The predicted octanol–water partition coefficient (Wildman–Crippen LogP) is 2.71. The van der Waals surface area contributed by atoms with Gasteiger partial charge in [0.2, 0.25) is 0 Å². The molecule has 1 heterocycles. The van der Waals surface area contributed by atoms with Crippen molar-refractivity contribution in [2.24, 2.45) is 5.73 Å². The maximum absolute atomic E-state index is 5.63. The summed E-state index contributed by atoms with van der Waals surface area (Å²) in [7, 11) is 0. The average Bonchev–Trinajstić information content (AvgIpc) is 2.47. The van der Waals surface area contributed by atoms with E-state index in [1.165, 1.54) is 22.4 Å². The second kappa shape index (κ2) is 4.83. The summed E-state index contributed by atoms with van der Waals surface area (Å²) >= 11 is 0. The van der Waals surface area contributed by atoms with Crippen LogP contribution in [0.2, 0.25) is 0 Å². The SMILES string of the molecule is NCc1ccc(N2CCc3ccccc3C2)cc1. The molecule has 2 aromatic carbocycles. The predicted molar refractivity (Wildman–Crippen MR) is 75.5 cm³/mol. The first kappa shape index (κ1) is 11.3. The Balaban J connectivity index is 1.82. The number of nitrogens with two attached hydrogens (primary N) is 1. The average molecular weight is 238 g/mol. The lowest BCUT2D eigenvalue weighted by Gasteiger charge is -2.30. The van der Waals surface area contributed by atoms with Crippen molar-refractivity contribution in [3.8, 4) is 0 Å². The van der Waals surface area contributed by atoms with E-state index in [-0.39, 0.29) is 0 Å². The standard InChI is InChI=1S/C16H18N2/c17-11-13-5-7-16(8-6-13)18-10-9-14-3-1-2-4-15(14)12-18/h1-8H,9-12,17H2. The summed E-state index contributed by atoms with van der Waals surface area (Å²) in [6.45, 7) is 2.72. The number of rotatable bonds is 2. The van der Waals surface area contributed by atoms with Crippen LogP contribution in [0.5, 0.6) is 0 Å². The largest absolute Gasteiger partial charge is 0.367 e. The van der Waals surface area contributed by atoms with Crippen molar-refractivity contribution in [1.29, 1.82) is 0 Å². The van der Waals surface area contributed by atoms with Crippen LogP contribution in [-0.4, -0.2) is 6.54 Å². The highest BCUT2D eigenvalue weighted by Gasteiger charge is 2.15. The molecule has 0 bridgehead atoms. The van der Waals surface area contributed by atoms with Gasteiger partial charge in [0, 0.05) is 25.3 Å². The van der Waals surface area contributed by atoms with Crippen molar-refractivity contribution in [3.63, 3.8) is 0 Å². The fourth-order valence-corrected chi connectivity index (χ4v) is 2.56. The quantitative estimate of drug-likeness (QED) is 0.871. The molecular weight excluding hydrogens is 220 g/mol. The van der Waals surface area contributed by atoms with E-state index in [0.29, 0.717) is 6.54 Å². The third kappa shape index (κ3) is 2.12. The number of benzene rings is 2. The lowest BCUT2D eigenvalue weighted by Crippen LogP contribution is -2.30. The highest BCUT2D eigenvalue weighted by Crippen LogP contribution is 2.24. The molecule has 0 radical (unpaired) electrons. The van der Waals surface area contributed by atoms with E-state index in [1.54, 1.807) is 0 Å². The van der Waals surface area contributed by atoms with Crippen molar-refractivity contribution in [2.45, 2.75) is 19.5 Å². The molecule has 92 valence electrons. The van der Waals surface area contributed by atoms with E-state index >= 15 is 0 Å². The van der Waals surface area contributed by atoms with Crippen LogP contribution in [0.3, 0.4) is 0 Å². The normalized spacial score (nSPS) is 14.4. The lowest BCUT2D eigenvalue weighted by molar-refractivity contribution is 0.731. The van der Waals surface area contributed by atoms with E-state index in [1.807, 2.05) is 0 Å². The Morgan fingerprint density at radius 1 is 0.944 bits per heavy atom. The molecule has 2 N–H and O–H groups in total. The van der Waals surface area contributed by atoms with Crippen LogP contribution in [0, 0.1) is 0 Å². The zero-order chi connectivity index (χ0) is 12.4. The summed E-state index contributed by atoms with van der Waals surface area (Å²) in [5.41, 5.74) is 11.1. The monoisotopic (exact) mass is 238 g/mol. The molecule has 0 spiro atoms. The fraction of sp³-hybridized carbons (Fsp3) is 0.250. The summed E-state index contributed by atoms with van der Waals surface area (Å²) in [5.74, 6) is 0. The third-order valence-corrected chi connectivity index (χ3v) is 3.67. The van der Waals surface area contributed by atoms with E-state index in [0.717, 1.165) is 19.5 Å². The molecule has 2 heteroatoms. The Labute approximate surface area is 108 Å². The molecule has 2 nitrogen and oxygen atoms in total. The van der Waals surface area contributed by atoms with Gasteiger partial charge in [-0.05, 0) is 35.2 Å². The maximum atomic E-state index is 5.63. The molecule has 0 atom stereocenters. The highest BCUT2D eigenvalue weighted by molar-refractivity contribution is 5.50. The number of anilines is 1. The molecule has 0 saturated heterocycles. The van der Waals surface area contributed by atoms with Gasteiger partial charge in [-0.15, -0.1) is 0 Å². The van der Waals surface area contributed by atoms with E-state index in [4.69, 9.17) is 5.73 Å². The molecule has 18 heavy (non-hydrogen) atoms. The molecule has 2 aromatic rings. The van der Waals surface area contributed by atoms with Gasteiger partial charge in [-0.25, -0.2) is 0 Å². The summed E-state index contributed by atoms with van der Waals surface area (Å²) < 4.78 is 0. The molecular formula is C16H18N2.